The number of ether oxygens (including phenoxy) is 1. The lowest BCUT2D eigenvalue weighted by molar-refractivity contribution is -0.384. The van der Waals surface area contributed by atoms with Crippen molar-refractivity contribution in [3.05, 3.63) is 75.3 Å². The second-order valence-electron chi connectivity index (χ2n) is 7.22. The molecule has 0 bridgehead atoms. The van der Waals surface area contributed by atoms with Gasteiger partial charge in [-0.1, -0.05) is 30.3 Å². The number of hydrogen-bond donors (Lipinski definition) is 2. The largest absolute Gasteiger partial charge is 0.480 e. The number of nitrogens with one attached hydrogen (secondary N) is 1. The molecule has 0 spiro atoms. The van der Waals surface area contributed by atoms with Crippen molar-refractivity contribution in [1.29, 1.82) is 0 Å². The number of amides is 1. The highest BCUT2D eigenvalue weighted by atomic mass is 19.4. The van der Waals surface area contributed by atoms with Crippen LogP contribution < -0.4 is 5.32 Å². The number of carboxylic acid groups (broad SMARTS) is 1. The van der Waals surface area contributed by atoms with E-state index in [9.17, 15) is 42.8 Å². The van der Waals surface area contributed by atoms with Crippen LogP contribution in [0.25, 0.3) is 0 Å². The Kier molecular flexibility index (Phi) is 8.70. The van der Waals surface area contributed by atoms with E-state index in [4.69, 9.17) is 4.74 Å². The van der Waals surface area contributed by atoms with E-state index in [2.05, 4.69) is 5.32 Å². The van der Waals surface area contributed by atoms with Crippen molar-refractivity contribution in [3.63, 3.8) is 0 Å². The number of carbonyl (C=O) groups excluding carboxylic acids is 2. The summed E-state index contributed by atoms with van der Waals surface area (Å²) in [4.78, 5) is 46.8. The molecule has 2 aromatic carbocycles. The number of halogens is 3. The van der Waals surface area contributed by atoms with Gasteiger partial charge in [0.25, 0.3) is 5.69 Å². The first-order valence-corrected chi connectivity index (χ1v) is 10.0. The number of hydrogen-bond acceptors (Lipinski definition) is 6. The summed E-state index contributed by atoms with van der Waals surface area (Å²) < 4.78 is 43.6. The van der Waals surface area contributed by atoms with Crippen molar-refractivity contribution < 1.29 is 42.3 Å². The zero-order valence-electron chi connectivity index (χ0n) is 17.9. The maximum atomic E-state index is 12.9. The minimum atomic E-state index is -4.61. The number of alkyl halides is 3. The highest BCUT2D eigenvalue weighted by molar-refractivity contribution is 5.86. The lowest BCUT2D eigenvalue weighted by Crippen LogP contribution is -2.46. The zero-order valence-corrected chi connectivity index (χ0v) is 17.9. The minimum absolute atomic E-state index is 0.00809. The van der Waals surface area contributed by atoms with E-state index in [-0.39, 0.29) is 23.4 Å². The van der Waals surface area contributed by atoms with Crippen LogP contribution in [-0.2, 0) is 31.7 Å². The Hall–Kier alpha value is -3.96. The average molecular weight is 482 g/mol. The van der Waals surface area contributed by atoms with Crippen molar-refractivity contribution in [1.82, 2.24) is 5.32 Å². The summed E-state index contributed by atoms with van der Waals surface area (Å²) in [6.45, 7) is 1.57. The van der Waals surface area contributed by atoms with Gasteiger partial charge in [-0.25, -0.2) is 4.79 Å². The maximum Gasteiger partial charge on any atom is 0.416 e. The standard InChI is InChI=1S/C22H21F3N2O7/c1-2-34-19(29)12-17(14-6-8-16(9-7-14)27(32)33)20(21(30)31)26-18(28)11-13-4-3-5-15(10-13)22(23,24)25/h3-10,17,20H,2,11-12H2,1H3,(H,26,28)(H,30,31)/t17-,20+/m0/s1. The molecule has 0 aliphatic rings. The van der Waals surface area contributed by atoms with Gasteiger partial charge in [0, 0.05) is 18.1 Å². The first-order chi connectivity index (χ1) is 15.9. The zero-order chi connectivity index (χ0) is 25.5. The molecule has 182 valence electrons. The summed E-state index contributed by atoms with van der Waals surface area (Å²) in [6.07, 6.45) is -5.62. The molecular weight excluding hydrogens is 461 g/mol. The SMILES string of the molecule is CCOC(=O)C[C@@H](c1ccc([N+](=O)[O-])cc1)[C@@H](NC(=O)Cc1cccc(C(F)(F)F)c1)C(=O)O. The number of benzene rings is 2. The van der Waals surface area contributed by atoms with Gasteiger partial charge in [0.2, 0.25) is 5.91 Å². The van der Waals surface area contributed by atoms with Crippen LogP contribution in [0, 0.1) is 10.1 Å². The molecule has 0 aliphatic heterocycles. The smallest absolute Gasteiger partial charge is 0.416 e. The van der Waals surface area contributed by atoms with E-state index >= 15 is 0 Å². The number of esters is 1. The van der Waals surface area contributed by atoms with Crippen LogP contribution >= 0.6 is 0 Å². The highest BCUT2D eigenvalue weighted by Gasteiger charge is 2.34. The molecule has 2 atom stereocenters. The summed E-state index contributed by atoms with van der Waals surface area (Å²) in [6, 6.07) is 7.14. The molecule has 1 amide bonds. The lowest BCUT2D eigenvalue weighted by atomic mass is 9.88. The quantitative estimate of drug-likeness (QED) is 0.301. The van der Waals surface area contributed by atoms with E-state index in [0.717, 1.165) is 30.3 Å². The normalized spacial score (nSPS) is 12.9. The van der Waals surface area contributed by atoms with Gasteiger partial charge in [-0.05, 0) is 24.1 Å². The van der Waals surface area contributed by atoms with Crippen LogP contribution in [0.2, 0.25) is 0 Å². The van der Waals surface area contributed by atoms with E-state index in [1.807, 2.05) is 0 Å². The average Bonchev–Trinajstić information content (AvgIpc) is 2.76. The molecule has 0 fully saturated rings. The Morgan fingerprint density at radius 3 is 2.32 bits per heavy atom. The minimum Gasteiger partial charge on any atom is -0.480 e. The molecule has 0 radical (unpaired) electrons. The van der Waals surface area contributed by atoms with Crippen LogP contribution in [0.5, 0.6) is 0 Å². The number of rotatable bonds is 10. The van der Waals surface area contributed by atoms with E-state index in [0.29, 0.717) is 0 Å². The Balaban J connectivity index is 2.30. The van der Waals surface area contributed by atoms with Crippen LogP contribution in [-0.4, -0.2) is 40.5 Å². The van der Waals surface area contributed by atoms with Gasteiger partial charge in [0.1, 0.15) is 6.04 Å². The summed E-state index contributed by atoms with van der Waals surface area (Å²) in [5.41, 5.74) is -1.00. The van der Waals surface area contributed by atoms with Gasteiger partial charge in [-0.3, -0.25) is 19.7 Å². The fourth-order valence-corrected chi connectivity index (χ4v) is 3.27. The summed E-state index contributed by atoms with van der Waals surface area (Å²) in [7, 11) is 0. The molecule has 0 saturated heterocycles. The number of nitro benzene ring substituents is 1. The number of nitro groups is 1. The van der Waals surface area contributed by atoms with Crippen LogP contribution in [0.4, 0.5) is 18.9 Å². The molecule has 0 saturated carbocycles. The van der Waals surface area contributed by atoms with Crippen LogP contribution in [0.3, 0.4) is 0 Å². The fourth-order valence-electron chi connectivity index (χ4n) is 3.27. The lowest BCUT2D eigenvalue weighted by Gasteiger charge is -2.25. The second-order valence-corrected chi connectivity index (χ2v) is 7.22. The summed E-state index contributed by atoms with van der Waals surface area (Å²) >= 11 is 0. The maximum absolute atomic E-state index is 12.9. The third-order valence-corrected chi connectivity index (χ3v) is 4.83. The molecule has 0 aromatic heterocycles. The Morgan fingerprint density at radius 2 is 1.79 bits per heavy atom. The topological polar surface area (TPSA) is 136 Å². The molecule has 2 rings (SSSR count). The predicted molar refractivity (Wildman–Crippen MR) is 112 cm³/mol. The molecule has 0 unspecified atom stereocenters. The molecule has 2 aromatic rings. The molecule has 9 nitrogen and oxygen atoms in total. The molecule has 0 aliphatic carbocycles. The van der Waals surface area contributed by atoms with Gasteiger partial charge < -0.3 is 15.2 Å². The molecule has 34 heavy (non-hydrogen) atoms. The van der Waals surface area contributed by atoms with Gasteiger partial charge in [0.15, 0.2) is 0 Å². The molecular formula is C22H21F3N2O7. The second kappa shape index (κ2) is 11.3. The number of aliphatic carboxylic acids is 1. The fraction of sp³-hybridized carbons (Fsp3) is 0.318. The number of non-ortho nitro benzene ring substituents is 1. The van der Waals surface area contributed by atoms with Crippen molar-refractivity contribution in [2.45, 2.75) is 37.9 Å². The van der Waals surface area contributed by atoms with Gasteiger partial charge >= 0.3 is 18.1 Å². The molecule has 0 heterocycles. The summed E-state index contributed by atoms with van der Waals surface area (Å²) in [5, 5.41) is 22.9. The molecule has 12 heteroatoms. The van der Waals surface area contributed by atoms with Gasteiger partial charge in [-0.2, -0.15) is 13.2 Å². The van der Waals surface area contributed by atoms with Gasteiger partial charge in [-0.15, -0.1) is 0 Å². The Morgan fingerprint density at radius 1 is 1.15 bits per heavy atom. The van der Waals surface area contributed by atoms with Crippen molar-refractivity contribution >= 4 is 23.5 Å². The van der Waals surface area contributed by atoms with Crippen LogP contribution in [0.1, 0.15) is 36.0 Å². The summed E-state index contributed by atoms with van der Waals surface area (Å²) in [5.74, 6) is -4.32. The van der Waals surface area contributed by atoms with Crippen molar-refractivity contribution in [2.75, 3.05) is 6.61 Å². The predicted octanol–water partition coefficient (Wildman–Crippen LogP) is 3.46. The number of carboxylic acids is 1. The van der Waals surface area contributed by atoms with Crippen LogP contribution in [0.15, 0.2) is 48.5 Å². The molecule has 2 N–H and O–H groups in total. The Labute approximate surface area is 191 Å². The number of nitrogens with zero attached hydrogens (tertiary/aromatic N) is 1. The van der Waals surface area contributed by atoms with Gasteiger partial charge in [0.05, 0.1) is 29.9 Å². The number of carbonyl (C=O) groups is 3. The van der Waals surface area contributed by atoms with Crippen molar-refractivity contribution in [3.8, 4) is 0 Å². The van der Waals surface area contributed by atoms with Crippen molar-refractivity contribution in [2.24, 2.45) is 0 Å². The first-order valence-electron chi connectivity index (χ1n) is 10.0. The van der Waals surface area contributed by atoms with E-state index < -0.39 is 59.3 Å². The Bertz CT molecular complexity index is 1060. The van der Waals surface area contributed by atoms with E-state index in [1.165, 1.54) is 18.2 Å². The monoisotopic (exact) mass is 482 g/mol. The third-order valence-electron chi connectivity index (χ3n) is 4.83. The third kappa shape index (κ3) is 7.29. The highest BCUT2D eigenvalue weighted by Crippen LogP contribution is 2.30. The van der Waals surface area contributed by atoms with E-state index in [1.54, 1.807) is 6.92 Å². The first kappa shape index (κ1) is 26.3.